The Bertz CT molecular complexity index is 353. The molecule has 0 saturated heterocycles. The van der Waals surface area contributed by atoms with Gasteiger partial charge in [-0.1, -0.05) is 70.2 Å². The van der Waals surface area contributed by atoms with Crippen LogP contribution in [-0.2, 0) is 11.3 Å². The van der Waals surface area contributed by atoms with Gasteiger partial charge in [-0.2, -0.15) is 0 Å². The Hall–Kier alpha value is -1.08. The molecule has 0 radical (unpaired) electrons. The van der Waals surface area contributed by atoms with Crippen LogP contribution in [0.1, 0.15) is 39.7 Å². The molecule has 0 unspecified atom stereocenters. The summed E-state index contributed by atoms with van der Waals surface area (Å²) in [4.78, 5) is 0. The fourth-order valence-corrected chi connectivity index (χ4v) is 2.24. The number of ether oxygens (including phenoxy) is 1. The van der Waals surface area contributed by atoms with E-state index in [-0.39, 0.29) is 6.10 Å². The third-order valence-electron chi connectivity index (χ3n) is 3.53. The first-order valence-electron chi connectivity index (χ1n) is 6.89. The van der Waals surface area contributed by atoms with Crippen molar-refractivity contribution in [3.05, 3.63) is 48.0 Å². The van der Waals surface area contributed by atoms with Gasteiger partial charge in [-0.05, 0) is 17.9 Å². The molecule has 0 aliphatic heterocycles. The van der Waals surface area contributed by atoms with Gasteiger partial charge in [-0.3, -0.25) is 0 Å². The van der Waals surface area contributed by atoms with Gasteiger partial charge in [0.2, 0.25) is 0 Å². The van der Waals surface area contributed by atoms with Crippen molar-refractivity contribution in [2.45, 2.75) is 46.8 Å². The lowest BCUT2D eigenvalue weighted by molar-refractivity contribution is -0.0148. The number of benzene rings is 1. The maximum atomic E-state index is 6.11. The zero-order valence-electron chi connectivity index (χ0n) is 12.1. The summed E-state index contributed by atoms with van der Waals surface area (Å²) >= 11 is 0. The van der Waals surface area contributed by atoms with Gasteiger partial charge in [-0.25, -0.2) is 0 Å². The predicted octanol–water partition coefficient (Wildman–Crippen LogP) is 4.83. The maximum Gasteiger partial charge on any atom is 0.0721 e. The molecule has 0 aromatic heterocycles. The summed E-state index contributed by atoms with van der Waals surface area (Å²) in [6.07, 6.45) is 1.27. The molecule has 0 aliphatic carbocycles. The largest absolute Gasteiger partial charge is 0.373 e. The molecule has 0 aliphatic rings. The van der Waals surface area contributed by atoms with Gasteiger partial charge in [0.15, 0.2) is 0 Å². The molecule has 0 saturated carbocycles. The molecular formula is C17H26O. The van der Waals surface area contributed by atoms with Crippen LogP contribution >= 0.6 is 0 Å². The average molecular weight is 246 g/mol. The van der Waals surface area contributed by atoms with Crippen LogP contribution in [0.4, 0.5) is 0 Å². The minimum absolute atomic E-state index is 0.248. The monoisotopic (exact) mass is 246 g/mol. The van der Waals surface area contributed by atoms with Gasteiger partial charge in [0.1, 0.15) is 0 Å². The van der Waals surface area contributed by atoms with E-state index in [9.17, 15) is 0 Å². The lowest BCUT2D eigenvalue weighted by Crippen LogP contribution is -2.28. The van der Waals surface area contributed by atoms with E-state index in [1.165, 1.54) is 11.1 Å². The van der Waals surface area contributed by atoms with Gasteiger partial charge >= 0.3 is 0 Å². The molecule has 1 rings (SSSR count). The maximum absolute atomic E-state index is 6.11. The smallest absolute Gasteiger partial charge is 0.0721 e. The number of hydrogen-bond donors (Lipinski definition) is 0. The molecule has 1 aromatic carbocycles. The van der Waals surface area contributed by atoms with E-state index in [0.29, 0.717) is 18.4 Å². The van der Waals surface area contributed by atoms with E-state index in [4.69, 9.17) is 4.74 Å². The van der Waals surface area contributed by atoms with Crippen LogP contribution in [-0.4, -0.2) is 6.10 Å². The molecule has 2 atom stereocenters. The SMILES string of the molecule is C=C(CC)[C@@H](C)[C@H](OCc1ccccc1)C(C)C. The van der Waals surface area contributed by atoms with Gasteiger partial charge in [0.25, 0.3) is 0 Å². The van der Waals surface area contributed by atoms with E-state index in [1.807, 2.05) is 6.07 Å². The molecule has 0 spiro atoms. The first-order chi connectivity index (χ1) is 8.56. The Balaban J connectivity index is 2.61. The molecule has 0 heterocycles. The standard InChI is InChI=1S/C17H26O/c1-6-14(4)15(5)17(13(2)3)18-12-16-10-8-7-9-11-16/h7-11,13,15,17H,4,6,12H2,1-3,5H3/t15-,17-/m1/s1. The van der Waals surface area contributed by atoms with Crippen molar-refractivity contribution >= 4 is 0 Å². The second-order valence-corrected chi connectivity index (χ2v) is 5.31. The highest BCUT2D eigenvalue weighted by atomic mass is 16.5. The third kappa shape index (κ3) is 4.30. The third-order valence-corrected chi connectivity index (χ3v) is 3.53. The van der Waals surface area contributed by atoms with Crippen molar-refractivity contribution in [3.63, 3.8) is 0 Å². The summed E-state index contributed by atoms with van der Waals surface area (Å²) in [5, 5.41) is 0. The molecule has 0 N–H and O–H groups in total. The summed E-state index contributed by atoms with van der Waals surface area (Å²) in [5.41, 5.74) is 2.51. The molecule has 0 fully saturated rings. The summed E-state index contributed by atoms with van der Waals surface area (Å²) in [6, 6.07) is 10.4. The minimum Gasteiger partial charge on any atom is -0.373 e. The summed E-state index contributed by atoms with van der Waals surface area (Å²) in [6.45, 7) is 13.7. The van der Waals surface area contributed by atoms with E-state index in [0.717, 1.165) is 6.42 Å². The highest BCUT2D eigenvalue weighted by Crippen LogP contribution is 2.25. The zero-order valence-corrected chi connectivity index (χ0v) is 12.1. The normalized spacial score (nSPS) is 14.5. The van der Waals surface area contributed by atoms with Gasteiger partial charge in [0, 0.05) is 5.92 Å². The number of rotatable bonds is 7. The van der Waals surface area contributed by atoms with Crippen LogP contribution in [0.5, 0.6) is 0 Å². The first-order valence-corrected chi connectivity index (χ1v) is 6.89. The Kier molecular flexibility index (Phi) is 6.14. The molecule has 0 amide bonds. The molecule has 18 heavy (non-hydrogen) atoms. The van der Waals surface area contributed by atoms with Crippen molar-refractivity contribution in [2.75, 3.05) is 0 Å². The fourth-order valence-electron chi connectivity index (χ4n) is 2.24. The van der Waals surface area contributed by atoms with Crippen molar-refractivity contribution in [3.8, 4) is 0 Å². The average Bonchev–Trinajstić information content (AvgIpc) is 2.38. The Morgan fingerprint density at radius 3 is 2.28 bits per heavy atom. The Labute approximate surface area is 112 Å². The predicted molar refractivity (Wildman–Crippen MR) is 78.5 cm³/mol. The molecule has 1 nitrogen and oxygen atoms in total. The second kappa shape index (κ2) is 7.38. The molecule has 1 aromatic rings. The van der Waals surface area contributed by atoms with Crippen LogP contribution < -0.4 is 0 Å². The molecule has 100 valence electrons. The van der Waals surface area contributed by atoms with E-state index in [1.54, 1.807) is 0 Å². The van der Waals surface area contributed by atoms with Crippen LogP contribution in [0.15, 0.2) is 42.5 Å². The van der Waals surface area contributed by atoms with Crippen LogP contribution in [0.25, 0.3) is 0 Å². The quantitative estimate of drug-likeness (QED) is 0.626. The van der Waals surface area contributed by atoms with Crippen LogP contribution in [0.2, 0.25) is 0 Å². The highest BCUT2D eigenvalue weighted by Gasteiger charge is 2.23. The van der Waals surface area contributed by atoms with Gasteiger partial charge in [-0.15, -0.1) is 0 Å². The summed E-state index contributed by atoms with van der Waals surface area (Å²) in [7, 11) is 0. The first kappa shape index (κ1) is 15.0. The van der Waals surface area contributed by atoms with E-state index < -0.39 is 0 Å². The lowest BCUT2D eigenvalue weighted by atomic mass is 9.88. The Morgan fingerprint density at radius 1 is 1.17 bits per heavy atom. The lowest BCUT2D eigenvalue weighted by Gasteiger charge is -2.29. The second-order valence-electron chi connectivity index (χ2n) is 5.31. The van der Waals surface area contributed by atoms with Crippen molar-refractivity contribution in [2.24, 2.45) is 11.8 Å². The molecular weight excluding hydrogens is 220 g/mol. The fraction of sp³-hybridized carbons (Fsp3) is 0.529. The van der Waals surface area contributed by atoms with Gasteiger partial charge in [0.05, 0.1) is 12.7 Å². The Morgan fingerprint density at radius 2 is 1.78 bits per heavy atom. The molecule has 1 heteroatoms. The zero-order chi connectivity index (χ0) is 13.5. The highest BCUT2D eigenvalue weighted by molar-refractivity contribution is 5.13. The van der Waals surface area contributed by atoms with Crippen LogP contribution in [0, 0.1) is 11.8 Å². The number of hydrogen-bond acceptors (Lipinski definition) is 1. The van der Waals surface area contributed by atoms with Crippen molar-refractivity contribution in [1.29, 1.82) is 0 Å². The minimum atomic E-state index is 0.248. The summed E-state index contributed by atoms with van der Waals surface area (Å²) < 4.78 is 6.11. The molecule has 0 bridgehead atoms. The van der Waals surface area contributed by atoms with E-state index >= 15 is 0 Å². The summed E-state index contributed by atoms with van der Waals surface area (Å²) in [5.74, 6) is 0.922. The van der Waals surface area contributed by atoms with Crippen molar-refractivity contribution in [1.82, 2.24) is 0 Å². The van der Waals surface area contributed by atoms with Crippen molar-refractivity contribution < 1.29 is 4.74 Å². The van der Waals surface area contributed by atoms with Gasteiger partial charge < -0.3 is 4.74 Å². The topological polar surface area (TPSA) is 9.23 Å². The van der Waals surface area contributed by atoms with E-state index in [2.05, 4.69) is 58.5 Å². The van der Waals surface area contributed by atoms with Crippen LogP contribution in [0.3, 0.4) is 0 Å².